The van der Waals surface area contributed by atoms with Gasteiger partial charge < -0.3 is 10.1 Å². The standard InChI is InChI=1S/C15H23F2NO/c1-3-9-18-15(6-5-10-19-4-2)13-11-12(16)7-8-14(13)17/h7-8,11,15,18H,3-6,9-10H2,1-2H3. The number of rotatable bonds is 9. The van der Waals surface area contributed by atoms with Crippen molar-refractivity contribution < 1.29 is 13.5 Å². The van der Waals surface area contributed by atoms with Crippen molar-refractivity contribution in [3.8, 4) is 0 Å². The van der Waals surface area contributed by atoms with Gasteiger partial charge in [0.1, 0.15) is 11.6 Å². The molecule has 1 aromatic carbocycles. The van der Waals surface area contributed by atoms with Crippen LogP contribution < -0.4 is 5.32 Å². The van der Waals surface area contributed by atoms with Gasteiger partial charge in [0.05, 0.1) is 0 Å². The van der Waals surface area contributed by atoms with Gasteiger partial charge in [-0.3, -0.25) is 0 Å². The Hall–Kier alpha value is -1.00. The van der Waals surface area contributed by atoms with Crippen molar-refractivity contribution in [1.82, 2.24) is 5.32 Å². The highest BCUT2D eigenvalue weighted by atomic mass is 19.1. The van der Waals surface area contributed by atoms with E-state index in [2.05, 4.69) is 5.32 Å². The molecular weight excluding hydrogens is 248 g/mol. The number of halogens is 2. The van der Waals surface area contributed by atoms with Crippen LogP contribution in [-0.2, 0) is 4.74 Å². The van der Waals surface area contributed by atoms with Crippen molar-refractivity contribution in [2.75, 3.05) is 19.8 Å². The van der Waals surface area contributed by atoms with Crippen LogP contribution in [0.1, 0.15) is 44.7 Å². The summed E-state index contributed by atoms with van der Waals surface area (Å²) in [5.41, 5.74) is 0.407. The molecule has 1 N–H and O–H groups in total. The third-order valence-corrected chi connectivity index (χ3v) is 2.96. The molecule has 108 valence electrons. The lowest BCUT2D eigenvalue weighted by Crippen LogP contribution is -2.23. The van der Waals surface area contributed by atoms with E-state index in [4.69, 9.17) is 4.74 Å². The molecule has 2 nitrogen and oxygen atoms in total. The Kier molecular flexibility index (Phi) is 7.60. The summed E-state index contributed by atoms with van der Waals surface area (Å²) in [4.78, 5) is 0. The van der Waals surface area contributed by atoms with E-state index in [0.717, 1.165) is 31.9 Å². The molecule has 0 aliphatic carbocycles. The summed E-state index contributed by atoms with van der Waals surface area (Å²) in [6.07, 6.45) is 2.52. The minimum Gasteiger partial charge on any atom is -0.382 e. The van der Waals surface area contributed by atoms with Crippen molar-refractivity contribution in [2.45, 2.75) is 39.2 Å². The number of nitrogens with one attached hydrogen (secondary N) is 1. The average Bonchev–Trinajstić information content (AvgIpc) is 2.41. The minimum absolute atomic E-state index is 0.156. The van der Waals surface area contributed by atoms with Crippen LogP contribution in [0.15, 0.2) is 18.2 Å². The Morgan fingerprint density at radius 3 is 2.74 bits per heavy atom. The molecule has 0 spiro atoms. The van der Waals surface area contributed by atoms with Crippen LogP contribution in [-0.4, -0.2) is 19.8 Å². The van der Waals surface area contributed by atoms with E-state index in [1.807, 2.05) is 13.8 Å². The van der Waals surface area contributed by atoms with E-state index in [0.29, 0.717) is 18.8 Å². The number of hydrogen-bond acceptors (Lipinski definition) is 2. The SMILES string of the molecule is CCCNC(CCCOCC)c1cc(F)ccc1F. The van der Waals surface area contributed by atoms with Gasteiger partial charge in [-0.25, -0.2) is 8.78 Å². The quantitative estimate of drug-likeness (QED) is 0.689. The van der Waals surface area contributed by atoms with Crippen molar-refractivity contribution in [3.05, 3.63) is 35.4 Å². The lowest BCUT2D eigenvalue weighted by molar-refractivity contribution is 0.140. The second kappa shape index (κ2) is 8.99. The average molecular weight is 271 g/mol. The summed E-state index contributed by atoms with van der Waals surface area (Å²) in [7, 11) is 0. The molecule has 19 heavy (non-hydrogen) atoms. The smallest absolute Gasteiger partial charge is 0.128 e. The molecule has 0 aromatic heterocycles. The molecule has 0 aliphatic heterocycles. The molecule has 0 radical (unpaired) electrons. The minimum atomic E-state index is -0.399. The maximum atomic E-state index is 13.8. The van der Waals surface area contributed by atoms with Gasteiger partial charge in [-0.15, -0.1) is 0 Å². The first kappa shape index (κ1) is 16.1. The fourth-order valence-electron chi connectivity index (χ4n) is 2.00. The van der Waals surface area contributed by atoms with E-state index in [1.54, 1.807) is 0 Å². The first-order chi connectivity index (χ1) is 9.19. The highest BCUT2D eigenvalue weighted by Gasteiger charge is 2.15. The van der Waals surface area contributed by atoms with Crippen LogP contribution in [0.3, 0.4) is 0 Å². The van der Waals surface area contributed by atoms with Gasteiger partial charge in [-0.1, -0.05) is 6.92 Å². The summed E-state index contributed by atoms with van der Waals surface area (Å²) in [5, 5.41) is 3.27. The topological polar surface area (TPSA) is 21.3 Å². The first-order valence-corrected chi connectivity index (χ1v) is 6.95. The van der Waals surface area contributed by atoms with E-state index in [9.17, 15) is 8.78 Å². The van der Waals surface area contributed by atoms with E-state index in [1.165, 1.54) is 12.1 Å². The maximum absolute atomic E-state index is 13.8. The van der Waals surface area contributed by atoms with Crippen molar-refractivity contribution >= 4 is 0 Å². The first-order valence-electron chi connectivity index (χ1n) is 6.95. The van der Waals surface area contributed by atoms with Crippen molar-refractivity contribution in [2.24, 2.45) is 0 Å². The molecular formula is C15H23F2NO. The normalized spacial score (nSPS) is 12.6. The molecule has 1 atom stereocenters. The highest BCUT2D eigenvalue weighted by molar-refractivity contribution is 5.22. The molecule has 1 unspecified atom stereocenters. The molecule has 0 aliphatic rings. The van der Waals surface area contributed by atoms with Crippen molar-refractivity contribution in [3.63, 3.8) is 0 Å². The molecule has 0 bridgehead atoms. The maximum Gasteiger partial charge on any atom is 0.128 e. The fraction of sp³-hybridized carbons (Fsp3) is 0.600. The Labute approximate surface area is 114 Å². The van der Waals surface area contributed by atoms with Crippen LogP contribution in [0.5, 0.6) is 0 Å². The second-order valence-corrected chi connectivity index (χ2v) is 4.51. The van der Waals surface area contributed by atoms with Crippen LogP contribution in [0.2, 0.25) is 0 Å². The lowest BCUT2D eigenvalue weighted by Gasteiger charge is -2.19. The Morgan fingerprint density at radius 2 is 2.05 bits per heavy atom. The zero-order valence-electron chi connectivity index (χ0n) is 11.7. The van der Waals surface area contributed by atoms with Crippen LogP contribution in [0.25, 0.3) is 0 Å². The lowest BCUT2D eigenvalue weighted by atomic mass is 10.0. The molecule has 0 heterocycles. The van der Waals surface area contributed by atoms with Gasteiger partial charge in [-0.2, -0.15) is 0 Å². The Bertz CT molecular complexity index is 371. The molecule has 0 saturated carbocycles. The summed E-state index contributed by atoms with van der Waals surface area (Å²) in [6.45, 7) is 6.11. The van der Waals surface area contributed by atoms with E-state index in [-0.39, 0.29) is 11.9 Å². The van der Waals surface area contributed by atoms with Gasteiger partial charge in [0, 0.05) is 24.8 Å². The zero-order chi connectivity index (χ0) is 14.1. The molecule has 0 saturated heterocycles. The second-order valence-electron chi connectivity index (χ2n) is 4.51. The zero-order valence-corrected chi connectivity index (χ0v) is 11.7. The van der Waals surface area contributed by atoms with Gasteiger partial charge in [-0.05, 0) is 50.9 Å². The highest BCUT2D eigenvalue weighted by Crippen LogP contribution is 2.22. The van der Waals surface area contributed by atoms with Crippen molar-refractivity contribution in [1.29, 1.82) is 0 Å². The molecule has 0 fully saturated rings. The Morgan fingerprint density at radius 1 is 1.26 bits per heavy atom. The summed E-state index contributed by atoms with van der Waals surface area (Å²) < 4.78 is 32.3. The van der Waals surface area contributed by atoms with Crippen LogP contribution in [0, 0.1) is 11.6 Å². The van der Waals surface area contributed by atoms with Crippen LogP contribution in [0.4, 0.5) is 8.78 Å². The van der Waals surface area contributed by atoms with Gasteiger partial charge in [0.15, 0.2) is 0 Å². The monoisotopic (exact) mass is 271 g/mol. The fourth-order valence-corrected chi connectivity index (χ4v) is 2.00. The molecule has 0 amide bonds. The van der Waals surface area contributed by atoms with E-state index >= 15 is 0 Å². The Balaban J connectivity index is 2.68. The van der Waals surface area contributed by atoms with Crippen LogP contribution >= 0.6 is 0 Å². The number of benzene rings is 1. The summed E-state index contributed by atoms with van der Waals surface area (Å²) in [5.74, 6) is -0.754. The van der Waals surface area contributed by atoms with E-state index < -0.39 is 5.82 Å². The third kappa shape index (κ3) is 5.66. The predicted molar refractivity (Wildman–Crippen MR) is 73.1 cm³/mol. The largest absolute Gasteiger partial charge is 0.382 e. The van der Waals surface area contributed by atoms with Gasteiger partial charge >= 0.3 is 0 Å². The number of ether oxygens (including phenoxy) is 1. The predicted octanol–water partition coefficient (Wildman–Crippen LogP) is 3.82. The molecule has 1 rings (SSSR count). The summed E-state index contributed by atoms with van der Waals surface area (Å²) >= 11 is 0. The molecule has 4 heteroatoms. The molecule has 1 aromatic rings. The number of hydrogen-bond donors (Lipinski definition) is 1. The van der Waals surface area contributed by atoms with Gasteiger partial charge in [0.25, 0.3) is 0 Å². The summed E-state index contributed by atoms with van der Waals surface area (Å²) in [6, 6.07) is 3.46. The third-order valence-electron chi connectivity index (χ3n) is 2.96. The van der Waals surface area contributed by atoms with Gasteiger partial charge in [0.2, 0.25) is 0 Å².